The number of hydrazine groups is 1. The first-order valence-electron chi connectivity index (χ1n) is 11.2. The lowest BCUT2D eigenvalue weighted by Gasteiger charge is -2.28. The molecule has 3 heterocycles. The van der Waals surface area contributed by atoms with Gasteiger partial charge in [0, 0.05) is 25.2 Å². The fraction of sp³-hybridized carbons (Fsp3) is 0.375. The molecular formula is C24H28FN7O3. The number of halogens is 1. The van der Waals surface area contributed by atoms with Crippen LogP contribution in [0.2, 0.25) is 0 Å². The Kier molecular flexibility index (Phi) is 6.18. The van der Waals surface area contributed by atoms with Gasteiger partial charge in [-0.15, -0.1) is 0 Å². The fourth-order valence-electron chi connectivity index (χ4n) is 3.63. The van der Waals surface area contributed by atoms with Gasteiger partial charge in [-0.05, 0) is 44.9 Å². The summed E-state index contributed by atoms with van der Waals surface area (Å²) in [6.45, 7) is 9.38. The van der Waals surface area contributed by atoms with Gasteiger partial charge in [-0.1, -0.05) is 13.8 Å². The third-order valence-electron chi connectivity index (χ3n) is 5.08. The summed E-state index contributed by atoms with van der Waals surface area (Å²) in [4.78, 5) is 37.8. The lowest BCUT2D eigenvalue weighted by Crippen LogP contribution is -2.49. The van der Waals surface area contributed by atoms with Gasteiger partial charge in [-0.3, -0.25) is 14.9 Å². The molecule has 0 atom stereocenters. The molecule has 184 valence electrons. The molecule has 0 aliphatic rings. The van der Waals surface area contributed by atoms with Crippen molar-refractivity contribution in [3.8, 4) is 11.4 Å². The molecule has 0 fully saturated rings. The molecule has 35 heavy (non-hydrogen) atoms. The van der Waals surface area contributed by atoms with Gasteiger partial charge < -0.3 is 9.72 Å². The van der Waals surface area contributed by atoms with E-state index in [9.17, 15) is 14.0 Å². The summed E-state index contributed by atoms with van der Waals surface area (Å²) in [6.07, 6.45) is 2.37. The minimum Gasteiger partial charge on any atom is -0.442 e. The molecule has 0 radical (unpaired) electrons. The van der Waals surface area contributed by atoms with Crippen molar-refractivity contribution in [2.24, 2.45) is 13.0 Å². The predicted octanol–water partition coefficient (Wildman–Crippen LogP) is 4.19. The van der Waals surface area contributed by atoms with Crippen molar-refractivity contribution in [2.45, 2.75) is 40.2 Å². The van der Waals surface area contributed by atoms with E-state index in [4.69, 9.17) is 4.74 Å². The number of fused-ring (bicyclic) bond motifs is 2. The van der Waals surface area contributed by atoms with Crippen LogP contribution >= 0.6 is 0 Å². The number of aryl methyl sites for hydroxylation is 1. The summed E-state index contributed by atoms with van der Waals surface area (Å²) in [5, 5.41) is 6.34. The van der Waals surface area contributed by atoms with Gasteiger partial charge in [-0.2, -0.15) is 5.10 Å². The van der Waals surface area contributed by atoms with Crippen molar-refractivity contribution < 1.29 is 18.7 Å². The largest absolute Gasteiger partial charge is 0.442 e. The van der Waals surface area contributed by atoms with Crippen molar-refractivity contribution in [1.82, 2.24) is 35.2 Å². The van der Waals surface area contributed by atoms with Gasteiger partial charge in [0.1, 0.15) is 28.3 Å². The van der Waals surface area contributed by atoms with E-state index in [-0.39, 0.29) is 23.8 Å². The topological polar surface area (TPSA) is 118 Å². The van der Waals surface area contributed by atoms with E-state index in [0.717, 1.165) is 5.01 Å². The summed E-state index contributed by atoms with van der Waals surface area (Å²) in [5.74, 6) is -0.823. The second-order valence-electron chi connectivity index (χ2n) is 9.71. The van der Waals surface area contributed by atoms with Gasteiger partial charge in [-0.25, -0.2) is 24.2 Å². The van der Waals surface area contributed by atoms with Gasteiger partial charge in [0.2, 0.25) is 0 Å². The predicted molar refractivity (Wildman–Crippen MR) is 129 cm³/mol. The first-order valence-corrected chi connectivity index (χ1v) is 11.2. The summed E-state index contributed by atoms with van der Waals surface area (Å²) >= 11 is 0. The van der Waals surface area contributed by atoms with E-state index in [2.05, 4.69) is 25.5 Å². The Hall–Kier alpha value is -4.02. The summed E-state index contributed by atoms with van der Waals surface area (Å²) < 4.78 is 20.7. The number of aromatic amines is 1. The summed E-state index contributed by atoms with van der Waals surface area (Å²) in [7, 11) is 1.71. The second-order valence-corrected chi connectivity index (χ2v) is 9.71. The lowest BCUT2D eigenvalue weighted by atomic mass is 10.1. The quantitative estimate of drug-likeness (QED) is 0.422. The van der Waals surface area contributed by atoms with Crippen molar-refractivity contribution >= 4 is 34.1 Å². The number of hydrogen-bond donors (Lipinski definition) is 2. The number of amides is 2. The van der Waals surface area contributed by atoms with E-state index < -0.39 is 17.6 Å². The number of aromatic nitrogens is 5. The van der Waals surface area contributed by atoms with Crippen LogP contribution in [0.4, 0.5) is 9.18 Å². The fourth-order valence-corrected chi connectivity index (χ4v) is 3.63. The third-order valence-corrected chi connectivity index (χ3v) is 5.08. The second kappa shape index (κ2) is 8.97. The summed E-state index contributed by atoms with van der Waals surface area (Å²) in [6, 6.07) is 4.38. The molecule has 0 aliphatic carbocycles. The van der Waals surface area contributed by atoms with E-state index in [1.165, 1.54) is 24.5 Å². The Morgan fingerprint density at radius 2 is 2.03 bits per heavy atom. The highest BCUT2D eigenvalue weighted by molar-refractivity contribution is 6.05. The molecule has 0 saturated heterocycles. The first-order chi connectivity index (χ1) is 16.4. The maximum absolute atomic E-state index is 13.7. The highest BCUT2D eigenvalue weighted by Crippen LogP contribution is 2.28. The molecule has 4 aromatic rings. The molecule has 4 rings (SSSR count). The van der Waals surface area contributed by atoms with E-state index in [1.807, 2.05) is 13.8 Å². The van der Waals surface area contributed by atoms with Crippen LogP contribution in [0.5, 0.6) is 0 Å². The van der Waals surface area contributed by atoms with Crippen LogP contribution in [-0.4, -0.2) is 53.9 Å². The molecule has 0 bridgehead atoms. The van der Waals surface area contributed by atoms with Crippen LogP contribution in [0, 0.1) is 11.7 Å². The molecule has 0 aliphatic heterocycles. The number of rotatable bonds is 4. The molecule has 11 heteroatoms. The Bertz CT molecular complexity index is 1420. The molecule has 2 amide bonds. The number of hydrogen-bond acceptors (Lipinski definition) is 6. The van der Waals surface area contributed by atoms with Crippen molar-refractivity contribution in [2.75, 3.05) is 6.54 Å². The maximum Gasteiger partial charge on any atom is 0.429 e. The van der Waals surface area contributed by atoms with Gasteiger partial charge in [0.05, 0.1) is 17.3 Å². The van der Waals surface area contributed by atoms with Crippen molar-refractivity contribution in [3.05, 3.63) is 42.0 Å². The first kappa shape index (κ1) is 24.1. The number of nitrogens with one attached hydrogen (secondary N) is 2. The Morgan fingerprint density at radius 1 is 1.29 bits per heavy atom. The van der Waals surface area contributed by atoms with E-state index in [0.29, 0.717) is 33.5 Å². The van der Waals surface area contributed by atoms with Gasteiger partial charge >= 0.3 is 6.09 Å². The normalized spacial score (nSPS) is 11.9. The molecule has 1 aromatic carbocycles. The van der Waals surface area contributed by atoms with Crippen LogP contribution in [-0.2, 0) is 11.8 Å². The highest BCUT2D eigenvalue weighted by atomic mass is 19.1. The molecule has 3 aromatic heterocycles. The van der Waals surface area contributed by atoms with E-state index >= 15 is 0 Å². The molecule has 2 N–H and O–H groups in total. The minimum atomic E-state index is -0.716. The third kappa shape index (κ3) is 5.08. The lowest BCUT2D eigenvalue weighted by molar-refractivity contribution is 0.0107. The number of nitrogens with zero attached hydrogens (tertiary/aromatic N) is 5. The standard InChI is InChI=1S/C24H28FN7O3/c1-13(2)12-32(23(34)35-24(3,4)5)30-22(33)16-10-26-21-20(16)28-17(11-27-21)19-15-8-7-14(25)9-18(15)31(6)29-19/h7-11,13H,12H2,1-6H3,(H,26,27)(H,30,33). The summed E-state index contributed by atoms with van der Waals surface area (Å²) in [5.41, 5.74) is 4.39. The van der Waals surface area contributed by atoms with Crippen LogP contribution in [0.15, 0.2) is 30.6 Å². The Morgan fingerprint density at radius 3 is 2.71 bits per heavy atom. The molecular weight excluding hydrogens is 453 g/mol. The zero-order valence-electron chi connectivity index (χ0n) is 20.5. The molecule has 0 spiro atoms. The zero-order valence-corrected chi connectivity index (χ0v) is 20.5. The maximum atomic E-state index is 13.7. The number of carbonyl (C=O) groups is 2. The Balaban J connectivity index is 1.68. The SMILES string of the molecule is CC(C)CN(NC(=O)c1c[nH]c2ncc(-c3nn(C)c4cc(F)ccc34)nc12)C(=O)OC(C)(C)C. The Labute approximate surface area is 201 Å². The van der Waals surface area contributed by atoms with Crippen LogP contribution < -0.4 is 5.43 Å². The van der Waals surface area contributed by atoms with Crippen molar-refractivity contribution in [1.29, 1.82) is 0 Å². The zero-order chi connectivity index (χ0) is 25.5. The number of H-pyrrole nitrogens is 1. The average molecular weight is 482 g/mol. The molecule has 10 nitrogen and oxygen atoms in total. The highest BCUT2D eigenvalue weighted by Gasteiger charge is 2.26. The smallest absolute Gasteiger partial charge is 0.429 e. The minimum absolute atomic E-state index is 0.0828. The number of benzene rings is 1. The van der Waals surface area contributed by atoms with Crippen LogP contribution in [0.25, 0.3) is 33.5 Å². The monoisotopic (exact) mass is 481 g/mol. The number of carbonyl (C=O) groups excluding carboxylic acids is 2. The molecule has 0 unspecified atom stereocenters. The number of ether oxygens (including phenoxy) is 1. The van der Waals surface area contributed by atoms with Gasteiger partial charge in [0.25, 0.3) is 5.91 Å². The van der Waals surface area contributed by atoms with Crippen LogP contribution in [0.3, 0.4) is 0 Å². The van der Waals surface area contributed by atoms with E-state index in [1.54, 1.807) is 38.6 Å². The van der Waals surface area contributed by atoms with Crippen LogP contribution in [0.1, 0.15) is 45.0 Å². The molecule has 0 saturated carbocycles. The van der Waals surface area contributed by atoms with Gasteiger partial charge in [0.15, 0.2) is 5.65 Å². The average Bonchev–Trinajstić information content (AvgIpc) is 3.32. The van der Waals surface area contributed by atoms with Crippen molar-refractivity contribution in [3.63, 3.8) is 0 Å².